The minimum Gasteiger partial charge on any atom is -0.489 e. The summed E-state index contributed by atoms with van der Waals surface area (Å²) >= 11 is 5.51. The maximum Gasteiger partial charge on any atom is 0.175 e. The van der Waals surface area contributed by atoms with Crippen molar-refractivity contribution in [1.82, 2.24) is 14.5 Å². The Hall–Kier alpha value is -2.67. The highest BCUT2D eigenvalue weighted by Gasteiger charge is 2.12. The molecule has 0 saturated carbocycles. The van der Waals surface area contributed by atoms with Crippen molar-refractivity contribution in [3.63, 3.8) is 0 Å². The van der Waals surface area contributed by atoms with Crippen LogP contribution in [0, 0.1) is 6.92 Å². The van der Waals surface area contributed by atoms with Crippen molar-refractivity contribution in [2.45, 2.75) is 40.3 Å². The number of thiocarbonyl (C=S) groups is 1. The lowest BCUT2D eigenvalue weighted by Crippen LogP contribution is -2.20. The van der Waals surface area contributed by atoms with E-state index in [1.165, 1.54) is 0 Å². The van der Waals surface area contributed by atoms with Crippen molar-refractivity contribution in [1.29, 1.82) is 0 Å². The zero-order valence-corrected chi connectivity index (χ0v) is 16.2. The number of benzene rings is 1. The summed E-state index contributed by atoms with van der Waals surface area (Å²) in [6.45, 7) is 8.92. The number of imidazole rings is 1. The van der Waals surface area contributed by atoms with Gasteiger partial charge in [0.2, 0.25) is 0 Å². The molecule has 2 aromatic heterocycles. The number of nitrogens with one attached hydrogen (secondary N) is 2. The molecule has 2 heterocycles. The number of fused-ring (bicyclic) bond motifs is 1. The minimum atomic E-state index is 0.0649. The Labute approximate surface area is 158 Å². The van der Waals surface area contributed by atoms with Gasteiger partial charge in [-0.15, -0.1) is 0 Å². The van der Waals surface area contributed by atoms with E-state index >= 15 is 0 Å². The Kier molecular flexibility index (Phi) is 5.37. The molecule has 0 saturated heterocycles. The molecule has 3 aromatic rings. The van der Waals surface area contributed by atoms with Crippen LogP contribution in [0.4, 0.5) is 11.4 Å². The molecule has 0 spiro atoms. The first-order valence-electron chi connectivity index (χ1n) is 8.64. The van der Waals surface area contributed by atoms with Gasteiger partial charge in [0.1, 0.15) is 17.3 Å². The maximum atomic E-state index is 5.80. The molecule has 0 aliphatic heterocycles. The van der Waals surface area contributed by atoms with Gasteiger partial charge in [-0.2, -0.15) is 0 Å². The minimum absolute atomic E-state index is 0.0649. The number of aromatic nitrogens is 3. The Morgan fingerprint density at radius 3 is 2.73 bits per heavy atom. The molecule has 26 heavy (non-hydrogen) atoms. The monoisotopic (exact) mass is 369 g/mol. The van der Waals surface area contributed by atoms with Crippen molar-refractivity contribution in [2.75, 3.05) is 10.6 Å². The molecule has 0 unspecified atom stereocenters. The summed E-state index contributed by atoms with van der Waals surface area (Å²) in [5.74, 6) is 1.70. The second kappa shape index (κ2) is 7.70. The molecule has 6 nitrogen and oxygen atoms in total. The van der Waals surface area contributed by atoms with Gasteiger partial charge in [0.05, 0.1) is 29.0 Å². The van der Waals surface area contributed by atoms with E-state index in [1.54, 1.807) is 12.4 Å². The summed E-state index contributed by atoms with van der Waals surface area (Å²) in [6.07, 6.45) is 3.46. The highest BCUT2D eigenvalue weighted by atomic mass is 32.1. The predicted molar refractivity (Wildman–Crippen MR) is 110 cm³/mol. The first-order chi connectivity index (χ1) is 12.5. The van der Waals surface area contributed by atoms with Crippen LogP contribution in [0.5, 0.6) is 5.75 Å². The van der Waals surface area contributed by atoms with Gasteiger partial charge in [-0.05, 0) is 52.0 Å². The quantitative estimate of drug-likeness (QED) is 0.652. The van der Waals surface area contributed by atoms with E-state index in [0.29, 0.717) is 10.9 Å². The second-order valence-electron chi connectivity index (χ2n) is 6.19. The molecule has 0 amide bonds. The van der Waals surface area contributed by atoms with Crippen LogP contribution >= 0.6 is 12.2 Å². The third-order valence-electron chi connectivity index (χ3n) is 3.91. The number of hydrogen-bond donors (Lipinski definition) is 2. The van der Waals surface area contributed by atoms with Crippen LogP contribution in [0.2, 0.25) is 0 Å². The molecule has 1 aromatic carbocycles. The summed E-state index contributed by atoms with van der Waals surface area (Å²) in [4.78, 5) is 8.76. The van der Waals surface area contributed by atoms with E-state index in [0.717, 1.165) is 34.8 Å². The average Bonchev–Trinajstić information content (AvgIpc) is 2.92. The normalized spacial score (nSPS) is 11.0. The number of aryl methyl sites for hydroxylation is 2. The molecule has 7 heteroatoms. The SMILES string of the molecule is CCn1c(C)nc2cccc(NC(=S)Nc3cnccc3OC(C)C)c21. The third kappa shape index (κ3) is 3.77. The van der Waals surface area contributed by atoms with Crippen LogP contribution in [0.3, 0.4) is 0 Å². The number of hydrogen-bond acceptors (Lipinski definition) is 4. The lowest BCUT2D eigenvalue weighted by atomic mass is 10.2. The fraction of sp³-hybridized carbons (Fsp3) is 0.316. The number of para-hydroxylation sites is 1. The van der Waals surface area contributed by atoms with Crippen molar-refractivity contribution in [3.05, 3.63) is 42.5 Å². The van der Waals surface area contributed by atoms with Crippen molar-refractivity contribution < 1.29 is 4.74 Å². The van der Waals surface area contributed by atoms with E-state index < -0.39 is 0 Å². The molecule has 2 N–H and O–H groups in total. The molecule has 0 aliphatic carbocycles. The van der Waals surface area contributed by atoms with Crippen LogP contribution in [0.25, 0.3) is 11.0 Å². The standard InChI is InChI=1S/C19H23N5OS/c1-5-24-13(4)21-14-7-6-8-15(18(14)24)22-19(26)23-16-11-20-10-9-17(16)25-12(2)3/h6-12H,5H2,1-4H3,(H2,22,23,26). The maximum absolute atomic E-state index is 5.80. The smallest absolute Gasteiger partial charge is 0.175 e. The third-order valence-corrected chi connectivity index (χ3v) is 4.12. The van der Waals surface area contributed by atoms with Gasteiger partial charge in [0.25, 0.3) is 0 Å². The van der Waals surface area contributed by atoms with Crippen LogP contribution in [-0.4, -0.2) is 25.8 Å². The molecule has 0 aliphatic rings. The summed E-state index contributed by atoms with van der Waals surface area (Å²) in [5, 5.41) is 6.93. The lowest BCUT2D eigenvalue weighted by Gasteiger charge is -2.16. The zero-order chi connectivity index (χ0) is 18.7. The highest BCUT2D eigenvalue weighted by Crippen LogP contribution is 2.26. The fourth-order valence-corrected chi connectivity index (χ4v) is 3.12. The fourth-order valence-electron chi connectivity index (χ4n) is 2.90. The Morgan fingerprint density at radius 1 is 1.23 bits per heavy atom. The van der Waals surface area contributed by atoms with Gasteiger partial charge in [0, 0.05) is 18.8 Å². The van der Waals surface area contributed by atoms with Gasteiger partial charge in [-0.25, -0.2) is 4.98 Å². The zero-order valence-electron chi connectivity index (χ0n) is 15.4. The van der Waals surface area contributed by atoms with Gasteiger partial charge in [-0.3, -0.25) is 4.98 Å². The molecule has 3 rings (SSSR count). The number of rotatable bonds is 5. The second-order valence-corrected chi connectivity index (χ2v) is 6.60. The van der Waals surface area contributed by atoms with Crippen LogP contribution in [0.1, 0.15) is 26.6 Å². The summed E-state index contributed by atoms with van der Waals surface area (Å²) in [6, 6.07) is 7.79. The van der Waals surface area contributed by atoms with Crippen LogP contribution in [-0.2, 0) is 6.54 Å². The molecule has 0 bridgehead atoms. The Morgan fingerprint density at radius 2 is 2.00 bits per heavy atom. The summed E-state index contributed by atoms with van der Waals surface area (Å²) in [7, 11) is 0. The number of ether oxygens (including phenoxy) is 1. The molecular formula is C19H23N5OS. The molecule has 0 atom stereocenters. The molecule has 136 valence electrons. The van der Waals surface area contributed by atoms with Crippen LogP contribution in [0.15, 0.2) is 36.7 Å². The highest BCUT2D eigenvalue weighted by molar-refractivity contribution is 7.80. The van der Waals surface area contributed by atoms with Crippen molar-refractivity contribution in [3.8, 4) is 5.75 Å². The van der Waals surface area contributed by atoms with Crippen LogP contribution < -0.4 is 15.4 Å². The Balaban J connectivity index is 1.85. The Bertz CT molecular complexity index is 935. The van der Waals surface area contributed by atoms with Crippen molar-refractivity contribution in [2.24, 2.45) is 0 Å². The predicted octanol–water partition coefficient (Wildman–Crippen LogP) is 4.36. The van der Waals surface area contributed by atoms with Crippen molar-refractivity contribution >= 4 is 39.7 Å². The lowest BCUT2D eigenvalue weighted by molar-refractivity contribution is 0.243. The van der Waals surface area contributed by atoms with E-state index in [1.807, 2.05) is 45.0 Å². The van der Waals surface area contributed by atoms with E-state index in [4.69, 9.17) is 17.0 Å². The van der Waals surface area contributed by atoms with E-state index in [2.05, 4.69) is 32.1 Å². The van der Waals surface area contributed by atoms with Gasteiger partial charge >= 0.3 is 0 Å². The van der Waals surface area contributed by atoms with Gasteiger partial charge in [0.15, 0.2) is 5.11 Å². The topological polar surface area (TPSA) is 64.0 Å². The molecular weight excluding hydrogens is 346 g/mol. The average molecular weight is 369 g/mol. The number of anilines is 2. The molecule has 0 fully saturated rings. The molecule has 0 radical (unpaired) electrons. The number of pyridine rings is 1. The van der Waals surface area contributed by atoms with E-state index in [9.17, 15) is 0 Å². The number of nitrogens with zero attached hydrogens (tertiary/aromatic N) is 3. The van der Waals surface area contributed by atoms with E-state index in [-0.39, 0.29) is 6.10 Å². The first-order valence-corrected chi connectivity index (χ1v) is 9.05. The largest absolute Gasteiger partial charge is 0.489 e. The summed E-state index contributed by atoms with van der Waals surface area (Å²) < 4.78 is 7.97. The first kappa shape index (κ1) is 18.1. The van der Waals surface area contributed by atoms with Gasteiger partial charge in [-0.1, -0.05) is 6.07 Å². The van der Waals surface area contributed by atoms with Gasteiger partial charge < -0.3 is 19.9 Å². The summed E-state index contributed by atoms with van der Waals surface area (Å²) in [5.41, 5.74) is 3.63.